The van der Waals surface area contributed by atoms with E-state index in [-0.39, 0.29) is 11.4 Å². The molecule has 1 aromatic heterocycles. The minimum absolute atomic E-state index is 0.0206. The highest BCUT2D eigenvalue weighted by atomic mass is 32.2. The maximum Gasteiger partial charge on any atom is 0.283 e. The lowest BCUT2D eigenvalue weighted by molar-refractivity contribution is -0.114. The SMILES string of the molecule is COc1ccccc1-n1c(C)cc(C=C2C(=N)N3N=C(c4cccc(C)c4)SC3=NC2=O)c1C. The summed E-state index contributed by atoms with van der Waals surface area (Å²) in [6, 6.07) is 17.8. The van der Waals surface area contributed by atoms with Gasteiger partial charge < -0.3 is 9.30 Å². The van der Waals surface area contributed by atoms with Crippen molar-refractivity contribution in [2.24, 2.45) is 10.1 Å². The zero-order valence-corrected chi connectivity index (χ0v) is 20.1. The molecule has 1 N–H and O–H groups in total. The molecule has 0 fully saturated rings. The van der Waals surface area contributed by atoms with Crippen molar-refractivity contribution in [1.29, 1.82) is 5.41 Å². The number of aliphatic imine (C=N–C) groups is 1. The first-order valence-electron chi connectivity index (χ1n) is 10.8. The van der Waals surface area contributed by atoms with Gasteiger partial charge in [-0.3, -0.25) is 10.2 Å². The largest absolute Gasteiger partial charge is 0.495 e. The van der Waals surface area contributed by atoms with Crippen molar-refractivity contribution < 1.29 is 9.53 Å². The van der Waals surface area contributed by atoms with E-state index >= 15 is 0 Å². The maximum absolute atomic E-state index is 12.9. The third kappa shape index (κ3) is 3.66. The summed E-state index contributed by atoms with van der Waals surface area (Å²) in [5.74, 6) is 0.338. The minimum atomic E-state index is -0.438. The van der Waals surface area contributed by atoms with Crippen molar-refractivity contribution in [2.75, 3.05) is 7.11 Å². The smallest absolute Gasteiger partial charge is 0.283 e. The Hall–Kier alpha value is -3.91. The van der Waals surface area contributed by atoms with Crippen LogP contribution in [0.2, 0.25) is 0 Å². The van der Waals surface area contributed by atoms with Gasteiger partial charge in [-0.05, 0) is 68.4 Å². The number of nitrogens with zero attached hydrogens (tertiary/aromatic N) is 4. The van der Waals surface area contributed by atoms with E-state index in [0.717, 1.165) is 44.6 Å². The summed E-state index contributed by atoms with van der Waals surface area (Å²) in [4.78, 5) is 17.1. The van der Waals surface area contributed by atoms with E-state index in [9.17, 15) is 4.79 Å². The number of aromatic nitrogens is 1. The molecule has 1 amide bonds. The van der Waals surface area contributed by atoms with E-state index in [1.807, 2.05) is 75.4 Å². The lowest BCUT2D eigenvalue weighted by Crippen LogP contribution is -2.35. The lowest BCUT2D eigenvalue weighted by Gasteiger charge is -2.20. The number of benzene rings is 2. The summed E-state index contributed by atoms with van der Waals surface area (Å²) in [5.41, 5.74) is 5.94. The molecule has 8 heteroatoms. The van der Waals surface area contributed by atoms with Crippen LogP contribution in [0.4, 0.5) is 0 Å². The summed E-state index contributed by atoms with van der Waals surface area (Å²) >= 11 is 1.30. The number of amides is 1. The van der Waals surface area contributed by atoms with Crippen LogP contribution in [-0.2, 0) is 4.79 Å². The first kappa shape index (κ1) is 21.9. The quantitative estimate of drug-likeness (QED) is 0.540. The molecule has 0 unspecified atom stereocenters. The van der Waals surface area contributed by atoms with Crippen molar-refractivity contribution >= 4 is 39.8 Å². The predicted octanol–water partition coefficient (Wildman–Crippen LogP) is 5.08. The van der Waals surface area contributed by atoms with Crippen molar-refractivity contribution in [3.8, 4) is 11.4 Å². The standard InChI is InChI=1S/C26H23N5O2S/c1-15-8-7-9-18(12-15)25-29-31-23(27)20(24(32)28-26(31)34-25)14-19-13-16(2)30(17(19)3)21-10-5-6-11-22(21)33-4/h5-14,27H,1-4H3. The molecule has 34 heavy (non-hydrogen) atoms. The first-order chi connectivity index (χ1) is 16.4. The average Bonchev–Trinajstić information content (AvgIpc) is 3.37. The van der Waals surface area contributed by atoms with Crippen LogP contribution in [0.5, 0.6) is 5.75 Å². The van der Waals surface area contributed by atoms with Gasteiger partial charge in [-0.1, -0.05) is 35.9 Å². The molecule has 170 valence electrons. The fraction of sp³-hybridized carbons (Fsp3) is 0.154. The summed E-state index contributed by atoms with van der Waals surface area (Å²) in [6.45, 7) is 6.00. The van der Waals surface area contributed by atoms with Crippen LogP contribution in [0.15, 0.2) is 70.3 Å². The van der Waals surface area contributed by atoms with Crippen LogP contribution in [0.25, 0.3) is 11.8 Å². The summed E-state index contributed by atoms with van der Waals surface area (Å²) < 4.78 is 7.62. The van der Waals surface area contributed by atoms with Crippen molar-refractivity contribution in [3.05, 3.63) is 88.2 Å². The van der Waals surface area contributed by atoms with Gasteiger partial charge in [0.15, 0.2) is 5.84 Å². The van der Waals surface area contributed by atoms with Crippen LogP contribution in [0.1, 0.15) is 28.1 Å². The van der Waals surface area contributed by atoms with Crippen molar-refractivity contribution in [2.45, 2.75) is 20.8 Å². The number of hydrazone groups is 1. The second kappa shape index (κ2) is 8.46. The Bertz CT molecular complexity index is 1450. The van der Waals surface area contributed by atoms with Gasteiger partial charge in [0, 0.05) is 17.0 Å². The van der Waals surface area contributed by atoms with Gasteiger partial charge >= 0.3 is 0 Å². The molecule has 2 aliphatic heterocycles. The highest BCUT2D eigenvalue weighted by Gasteiger charge is 2.36. The summed E-state index contributed by atoms with van der Waals surface area (Å²) in [7, 11) is 1.65. The second-order valence-electron chi connectivity index (χ2n) is 8.13. The van der Waals surface area contributed by atoms with Crippen molar-refractivity contribution in [3.63, 3.8) is 0 Å². The first-order valence-corrected chi connectivity index (χ1v) is 11.6. The number of methoxy groups -OCH3 is 1. The number of nitrogens with one attached hydrogen (secondary N) is 1. The number of hydrogen-bond acceptors (Lipinski definition) is 5. The lowest BCUT2D eigenvalue weighted by atomic mass is 10.1. The van der Waals surface area contributed by atoms with Crippen molar-refractivity contribution in [1.82, 2.24) is 9.58 Å². The Balaban J connectivity index is 1.53. The van der Waals surface area contributed by atoms with Gasteiger partial charge in [0.25, 0.3) is 5.91 Å². The highest BCUT2D eigenvalue weighted by molar-refractivity contribution is 8.27. The van der Waals surface area contributed by atoms with Crippen LogP contribution in [0.3, 0.4) is 0 Å². The zero-order chi connectivity index (χ0) is 24.0. The molecule has 0 radical (unpaired) electrons. The van der Waals surface area contributed by atoms with Gasteiger partial charge in [0.2, 0.25) is 5.17 Å². The Morgan fingerprint density at radius 1 is 1.06 bits per heavy atom. The molecule has 2 aliphatic rings. The molecule has 0 saturated heterocycles. The van der Waals surface area contributed by atoms with E-state index in [0.29, 0.717) is 5.17 Å². The number of rotatable bonds is 4. The molecular formula is C26H23N5O2S. The third-order valence-corrected chi connectivity index (χ3v) is 6.77. The Morgan fingerprint density at radius 3 is 2.62 bits per heavy atom. The fourth-order valence-electron chi connectivity index (χ4n) is 4.16. The normalized spacial score (nSPS) is 16.6. The Labute approximate surface area is 202 Å². The number of ether oxygens (including phenoxy) is 1. The molecule has 3 aromatic rings. The van der Waals surface area contributed by atoms with E-state index in [4.69, 9.17) is 10.1 Å². The van der Waals surface area contributed by atoms with Crippen LogP contribution < -0.4 is 4.74 Å². The third-order valence-electron chi connectivity index (χ3n) is 5.82. The molecule has 7 nitrogen and oxygen atoms in total. The highest BCUT2D eigenvalue weighted by Crippen LogP contribution is 2.33. The number of aryl methyl sites for hydroxylation is 2. The molecular weight excluding hydrogens is 446 g/mol. The van der Waals surface area contributed by atoms with Crippen LogP contribution in [0, 0.1) is 26.2 Å². The van der Waals surface area contributed by atoms with Crippen LogP contribution >= 0.6 is 11.8 Å². The van der Waals surface area contributed by atoms with E-state index in [2.05, 4.69) is 14.7 Å². The monoisotopic (exact) mass is 469 g/mol. The number of fused-ring (bicyclic) bond motifs is 1. The molecule has 0 aliphatic carbocycles. The molecule has 0 spiro atoms. The number of hydrogen-bond donors (Lipinski definition) is 1. The van der Waals surface area contributed by atoms with Gasteiger partial charge in [-0.25, -0.2) is 0 Å². The molecule has 0 atom stereocenters. The molecule has 2 aromatic carbocycles. The van der Waals surface area contributed by atoms with Gasteiger partial charge in [-0.15, -0.1) is 0 Å². The zero-order valence-electron chi connectivity index (χ0n) is 19.3. The minimum Gasteiger partial charge on any atom is -0.495 e. The Morgan fingerprint density at radius 2 is 1.85 bits per heavy atom. The van der Waals surface area contributed by atoms with E-state index < -0.39 is 5.91 Å². The van der Waals surface area contributed by atoms with Gasteiger partial charge in [0.05, 0.1) is 18.4 Å². The number of thioether (sulfide) groups is 1. The molecule has 3 heterocycles. The summed E-state index contributed by atoms with van der Waals surface area (Å²) in [5, 5.41) is 15.9. The number of carbonyl (C=O) groups is 1. The maximum atomic E-state index is 12.9. The molecule has 0 saturated carbocycles. The summed E-state index contributed by atoms with van der Waals surface area (Å²) in [6.07, 6.45) is 1.73. The predicted molar refractivity (Wildman–Crippen MR) is 137 cm³/mol. The van der Waals surface area contributed by atoms with Gasteiger partial charge in [-0.2, -0.15) is 15.1 Å². The van der Waals surface area contributed by atoms with E-state index in [1.54, 1.807) is 13.2 Å². The Kier molecular flexibility index (Phi) is 5.45. The van der Waals surface area contributed by atoms with Crippen LogP contribution in [-0.4, -0.2) is 38.6 Å². The van der Waals surface area contributed by atoms with E-state index in [1.165, 1.54) is 16.8 Å². The molecule has 0 bridgehead atoms. The number of amidine groups is 2. The second-order valence-corrected chi connectivity index (χ2v) is 9.08. The molecule has 5 rings (SSSR count). The van der Waals surface area contributed by atoms with Gasteiger partial charge in [0.1, 0.15) is 10.8 Å². The number of para-hydroxylation sites is 2. The topological polar surface area (TPSA) is 83.0 Å². The fourth-order valence-corrected chi connectivity index (χ4v) is 5.05. The number of carbonyl (C=O) groups excluding carboxylic acids is 1. The average molecular weight is 470 g/mol.